The van der Waals surface area contributed by atoms with E-state index in [1.807, 2.05) is 42.5 Å². The third kappa shape index (κ3) is 7.47. The Bertz CT molecular complexity index is 374. The summed E-state index contributed by atoms with van der Waals surface area (Å²) in [5, 5.41) is 1.79. The first-order chi connectivity index (χ1) is 8.33. The Hall–Kier alpha value is -0.450. The summed E-state index contributed by atoms with van der Waals surface area (Å²) in [6, 6.07) is 9.91. The molecule has 1 aromatic carbocycles. The highest BCUT2D eigenvalue weighted by atomic mass is 33.1. The fourth-order valence-electron chi connectivity index (χ4n) is 1.12. The number of hydrogen-bond acceptors (Lipinski definition) is 3. The van der Waals surface area contributed by atoms with E-state index in [0.717, 1.165) is 17.1 Å². The Morgan fingerprint density at radius 1 is 1.18 bits per heavy atom. The fourth-order valence-corrected chi connectivity index (χ4v) is 3.73. The molecule has 0 spiro atoms. The van der Waals surface area contributed by atoms with Crippen molar-refractivity contribution in [2.24, 2.45) is 0 Å². The highest BCUT2D eigenvalue weighted by molar-refractivity contribution is 8.76. The minimum absolute atomic E-state index is 0.599. The van der Waals surface area contributed by atoms with Crippen LogP contribution in [-0.2, 0) is 16.6 Å². The lowest BCUT2D eigenvalue weighted by Gasteiger charge is -1.97. The van der Waals surface area contributed by atoms with Crippen LogP contribution in [0.2, 0.25) is 0 Å². The van der Waals surface area contributed by atoms with Crippen LogP contribution in [-0.4, -0.2) is 15.7 Å². The Morgan fingerprint density at radius 3 is 2.59 bits per heavy atom. The summed E-state index contributed by atoms with van der Waals surface area (Å²) in [7, 11) is 2.61. The maximum absolute atomic E-state index is 11.7. The molecule has 1 aromatic rings. The second kappa shape index (κ2) is 9.57. The summed E-state index contributed by atoms with van der Waals surface area (Å²) in [6.45, 7) is 3.65. The van der Waals surface area contributed by atoms with Gasteiger partial charge in [0, 0.05) is 22.3 Å². The molecule has 0 amide bonds. The monoisotopic (exact) mass is 284 g/mol. The van der Waals surface area contributed by atoms with Crippen LogP contribution in [0.25, 0.3) is 0 Å². The van der Waals surface area contributed by atoms with Crippen molar-refractivity contribution in [3.8, 4) is 0 Å². The molecule has 17 heavy (non-hydrogen) atoms. The summed E-state index contributed by atoms with van der Waals surface area (Å²) < 4.78 is 11.7. The summed E-state index contributed by atoms with van der Waals surface area (Å²) in [4.78, 5) is 0. The molecule has 92 valence electrons. The summed E-state index contributed by atoms with van der Waals surface area (Å²) in [6.07, 6.45) is 3.86. The van der Waals surface area contributed by atoms with Crippen LogP contribution < -0.4 is 0 Å². The molecule has 1 nitrogen and oxygen atoms in total. The SMILES string of the molecule is C=CCSSC/C=C/S(=O)Cc1ccccc1. The van der Waals surface area contributed by atoms with Gasteiger partial charge in [-0.3, -0.25) is 4.21 Å². The lowest BCUT2D eigenvalue weighted by Crippen LogP contribution is -1.90. The lowest BCUT2D eigenvalue weighted by molar-refractivity contribution is 0.688. The van der Waals surface area contributed by atoms with Gasteiger partial charge in [0.05, 0.1) is 5.75 Å². The second-order valence-corrected chi connectivity index (χ2v) is 7.11. The van der Waals surface area contributed by atoms with Gasteiger partial charge in [-0.1, -0.05) is 64.1 Å². The number of benzene rings is 1. The molecule has 1 rings (SSSR count). The van der Waals surface area contributed by atoms with Gasteiger partial charge >= 0.3 is 0 Å². The van der Waals surface area contributed by atoms with E-state index in [-0.39, 0.29) is 0 Å². The van der Waals surface area contributed by atoms with Crippen molar-refractivity contribution in [1.29, 1.82) is 0 Å². The molecular formula is C13H16OS3. The molecule has 0 fully saturated rings. The van der Waals surface area contributed by atoms with Crippen LogP contribution in [0, 0.1) is 0 Å². The van der Waals surface area contributed by atoms with Crippen LogP contribution >= 0.6 is 21.6 Å². The van der Waals surface area contributed by atoms with E-state index in [0.29, 0.717) is 5.75 Å². The largest absolute Gasteiger partial charge is 0.255 e. The highest BCUT2D eigenvalue weighted by Gasteiger charge is 1.96. The van der Waals surface area contributed by atoms with E-state index in [1.165, 1.54) is 0 Å². The van der Waals surface area contributed by atoms with Crippen LogP contribution in [0.1, 0.15) is 5.56 Å². The molecule has 0 heterocycles. The zero-order chi connectivity index (χ0) is 12.3. The fraction of sp³-hybridized carbons (Fsp3) is 0.231. The van der Waals surface area contributed by atoms with Crippen molar-refractivity contribution >= 4 is 32.4 Å². The predicted molar refractivity (Wildman–Crippen MR) is 82.5 cm³/mol. The first-order valence-electron chi connectivity index (χ1n) is 5.26. The zero-order valence-corrected chi connectivity index (χ0v) is 12.0. The van der Waals surface area contributed by atoms with Crippen LogP contribution in [0.3, 0.4) is 0 Å². The van der Waals surface area contributed by atoms with Gasteiger partial charge in [0.1, 0.15) is 0 Å². The van der Waals surface area contributed by atoms with Gasteiger partial charge in [0.2, 0.25) is 0 Å². The first kappa shape index (κ1) is 14.6. The molecule has 0 radical (unpaired) electrons. The molecule has 0 aliphatic carbocycles. The molecule has 0 aromatic heterocycles. The quantitative estimate of drug-likeness (QED) is 0.408. The Morgan fingerprint density at radius 2 is 1.88 bits per heavy atom. The first-order valence-corrected chi connectivity index (χ1v) is 9.13. The van der Waals surface area contributed by atoms with Crippen molar-refractivity contribution < 1.29 is 4.21 Å². The minimum atomic E-state index is -0.902. The van der Waals surface area contributed by atoms with Gasteiger partial charge in [-0.25, -0.2) is 0 Å². The average molecular weight is 284 g/mol. The van der Waals surface area contributed by atoms with Gasteiger partial charge in [-0.2, -0.15) is 0 Å². The van der Waals surface area contributed by atoms with Gasteiger partial charge in [-0.05, 0) is 11.0 Å². The summed E-state index contributed by atoms with van der Waals surface area (Å²) in [5.41, 5.74) is 1.11. The topological polar surface area (TPSA) is 17.1 Å². The van der Waals surface area contributed by atoms with E-state index in [1.54, 1.807) is 27.0 Å². The third-order valence-electron chi connectivity index (χ3n) is 1.83. The maximum atomic E-state index is 11.7. The molecular weight excluding hydrogens is 268 g/mol. The van der Waals surface area contributed by atoms with E-state index in [9.17, 15) is 4.21 Å². The Kier molecular flexibility index (Phi) is 8.22. The molecule has 0 aliphatic heterocycles. The molecule has 0 N–H and O–H groups in total. The number of hydrogen-bond donors (Lipinski definition) is 0. The Labute approximate surface area is 114 Å². The van der Waals surface area contributed by atoms with Crippen molar-refractivity contribution in [2.45, 2.75) is 5.75 Å². The predicted octanol–water partition coefficient (Wildman–Crippen LogP) is 4.02. The molecule has 0 aliphatic rings. The number of rotatable bonds is 8. The van der Waals surface area contributed by atoms with E-state index in [4.69, 9.17) is 0 Å². The van der Waals surface area contributed by atoms with Crippen molar-refractivity contribution in [2.75, 3.05) is 11.5 Å². The van der Waals surface area contributed by atoms with Crippen LogP contribution in [0.4, 0.5) is 0 Å². The molecule has 0 saturated carbocycles. The van der Waals surface area contributed by atoms with E-state index >= 15 is 0 Å². The third-order valence-corrected chi connectivity index (χ3v) is 5.13. The van der Waals surface area contributed by atoms with E-state index in [2.05, 4.69) is 6.58 Å². The molecule has 0 bridgehead atoms. The van der Waals surface area contributed by atoms with Crippen molar-refractivity contribution in [3.05, 3.63) is 60.0 Å². The minimum Gasteiger partial charge on any atom is -0.255 e. The molecule has 4 heteroatoms. The van der Waals surface area contributed by atoms with Gasteiger partial charge < -0.3 is 0 Å². The molecule has 0 saturated heterocycles. The van der Waals surface area contributed by atoms with E-state index < -0.39 is 10.8 Å². The molecule has 1 unspecified atom stereocenters. The molecule has 1 atom stereocenters. The normalized spacial score (nSPS) is 12.7. The lowest BCUT2D eigenvalue weighted by atomic mass is 10.2. The van der Waals surface area contributed by atoms with Gasteiger partial charge in [0.15, 0.2) is 0 Å². The van der Waals surface area contributed by atoms with Crippen LogP contribution in [0.5, 0.6) is 0 Å². The van der Waals surface area contributed by atoms with Crippen LogP contribution in [0.15, 0.2) is 54.5 Å². The highest BCUT2D eigenvalue weighted by Crippen LogP contribution is 2.20. The summed E-state index contributed by atoms with van der Waals surface area (Å²) in [5.74, 6) is 2.44. The maximum Gasteiger partial charge on any atom is 0.0526 e. The summed E-state index contributed by atoms with van der Waals surface area (Å²) >= 11 is 0. The van der Waals surface area contributed by atoms with Gasteiger partial charge in [0.25, 0.3) is 0 Å². The second-order valence-electron chi connectivity index (χ2n) is 3.24. The Balaban J connectivity index is 2.21. The van der Waals surface area contributed by atoms with Gasteiger partial charge in [-0.15, -0.1) is 6.58 Å². The van der Waals surface area contributed by atoms with Crippen molar-refractivity contribution in [1.82, 2.24) is 0 Å². The zero-order valence-electron chi connectivity index (χ0n) is 9.58. The average Bonchev–Trinajstić information content (AvgIpc) is 2.35. The standard InChI is InChI=1S/C13H16OS3/c1-2-9-15-16-10-6-11-17(14)12-13-7-4-3-5-8-13/h2-8,11H,1,9-10,12H2/b11-6+. The van der Waals surface area contributed by atoms with Crippen molar-refractivity contribution in [3.63, 3.8) is 0 Å². The smallest absolute Gasteiger partial charge is 0.0526 e.